The number of halogens is 1. The van der Waals surface area contributed by atoms with Crippen molar-refractivity contribution >= 4 is 43.2 Å². The van der Waals surface area contributed by atoms with E-state index in [2.05, 4.69) is 97.4 Å². The zero-order valence-corrected chi connectivity index (χ0v) is 19.9. The van der Waals surface area contributed by atoms with E-state index in [0.717, 1.165) is 18.4 Å². The van der Waals surface area contributed by atoms with Crippen molar-refractivity contribution in [2.75, 3.05) is 11.9 Å². The van der Waals surface area contributed by atoms with E-state index < -0.39 is 7.59 Å². The summed E-state index contributed by atoms with van der Waals surface area (Å²) < 4.78 is 6.39. The van der Waals surface area contributed by atoms with Crippen molar-refractivity contribution in [1.82, 2.24) is 0 Å². The molecule has 0 aliphatic rings. The number of rotatable bonds is 10. The molecule has 0 N–H and O–H groups in total. The van der Waals surface area contributed by atoms with Gasteiger partial charge in [0.2, 0.25) is 9.28 Å². The Balaban J connectivity index is 2.24. The maximum atomic E-state index is 6.39. The SMILES string of the molecule is CC(C)(C)[Si]([Si]OCCCCCCBr)(c1ccccc1)c1ccccc1. The molecule has 0 bridgehead atoms. The molecule has 140 valence electrons. The highest BCUT2D eigenvalue weighted by atomic mass is 79.9. The van der Waals surface area contributed by atoms with Crippen LogP contribution in [0.15, 0.2) is 60.7 Å². The van der Waals surface area contributed by atoms with Crippen LogP contribution >= 0.6 is 15.9 Å². The monoisotopic (exact) mass is 446 g/mol. The lowest BCUT2D eigenvalue weighted by molar-refractivity contribution is 0.328. The molecule has 2 radical (unpaired) electrons. The van der Waals surface area contributed by atoms with Gasteiger partial charge in [0, 0.05) is 11.9 Å². The Bertz CT molecular complexity index is 586. The van der Waals surface area contributed by atoms with Crippen molar-refractivity contribution in [3.63, 3.8) is 0 Å². The van der Waals surface area contributed by atoms with Gasteiger partial charge >= 0.3 is 0 Å². The lowest BCUT2D eigenvalue weighted by atomic mass is 10.2. The largest absolute Gasteiger partial charge is 0.420 e. The van der Waals surface area contributed by atoms with E-state index in [1.807, 2.05) is 0 Å². The van der Waals surface area contributed by atoms with Crippen molar-refractivity contribution < 1.29 is 4.43 Å². The topological polar surface area (TPSA) is 9.23 Å². The maximum absolute atomic E-state index is 6.39. The van der Waals surface area contributed by atoms with Gasteiger partial charge in [0.25, 0.3) is 0 Å². The Hall–Kier alpha value is -0.686. The summed E-state index contributed by atoms with van der Waals surface area (Å²) in [6, 6.07) is 22.2. The summed E-state index contributed by atoms with van der Waals surface area (Å²) in [5.41, 5.74) is 0. The van der Waals surface area contributed by atoms with Crippen LogP contribution in [0, 0.1) is 0 Å². The fourth-order valence-electron chi connectivity index (χ4n) is 3.46. The average molecular weight is 448 g/mol. The van der Waals surface area contributed by atoms with E-state index in [-0.39, 0.29) is 5.04 Å². The van der Waals surface area contributed by atoms with Crippen molar-refractivity contribution in [3.8, 4) is 0 Å². The van der Waals surface area contributed by atoms with Crippen LogP contribution in [0.1, 0.15) is 46.5 Å². The lowest BCUT2D eigenvalue weighted by Gasteiger charge is -2.42. The van der Waals surface area contributed by atoms with Crippen LogP contribution in [-0.4, -0.2) is 28.8 Å². The second-order valence-electron chi connectivity index (χ2n) is 7.79. The fraction of sp³-hybridized carbons (Fsp3) is 0.455. The Kier molecular flexibility index (Phi) is 8.81. The molecular formula is C22H31BrOSi2. The minimum atomic E-state index is -2.03. The molecule has 0 unspecified atom stereocenters. The molecule has 0 aliphatic heterocycles. The Morgan fingerprint density at radius 3 is 1.77 bits per heavy atom. The molecule has 0 saturated heterocycles. The molecule has 0 fully saturated rings. The van der Waals surface area contributed by atoms with Gasteiger partial charge in [0.15, 0.2) is 0 Å². The minimum Gasteiger partial charge on any atom is -0.420 e. The standard InChI is InChI=1S/C22H31BrOSi2/c1-22(2,3)26(20-14-8-6-9-15-20,21-16-10-7-11-17-21)25-24-19-13-5-4-12-18-23/h6-11,14-17H,4-5,12-13,18-19H2,1-3H3. The summed E-state index contributed by atoms with van der Waals surface area (Å²) in [5.74, 6) is 0. The molecule has 0 saturated carbocycles. The highest BCUT2D eigenvalue weighted by Crippen LogP contribution is 2.35. The number of benzene rings is 2. The number of hydrogen-bond acceptors (Lipinski definition) is 1. The summed E-state index contributed by atoms with van der Waals surface area (Å²) >= 11 is 3.51. The first kappa shape index (κ1) is 21.6. The van der Waals surface area contributed by atoms with E-state index in [0.29, 0.717) is 9.28 Å². The van der Waals surface area contributed by atoms with Crippen LogP contribution in [0.25, 0.3) is 0 Å². The van der Waals surface area contributed by atoms with Crippen molar-refractivity contribution in [1.29, 1.82) is 0 Å². The molecule has 0 heterocycles. The van der Waals surface area contributed by atoms with E-state index in [4.69, 9.17) is 4.43 Å². The average Bonchev–Trinajstić information content (AvgIpc) is 2.64. The molecule has 26 heavy (non-hydrogen) atoms. The van der Waals surface area contributed by atoms with Crippen LogP contribution in [0.4, 0.5) is 0 Å². The number of hydrogen-bond donors (Lipinski definition) is 0. The second kappa shape index (κ2) is 10.6. The highest BCUT2D eigenvalue weighted by Gasteiger charge is 2.49. The van der Waals surface area contributed by atoms with Crippen LogP contribution in [-0.2, 0) is 4.43 Å². The van der Waals surface area contributed by atoms with Crippen molar-refractivity contribution in [2.24, 2.45) is 0 Å². The molecular weight excluding hydrogens is 416 g/mol. The molecule has 2 aromatic carbocycles. The molecule has 1 nitrogen and oxygen atoms in total. The molecule has 2 aromatic rings. The Morgan fingerprint density at radius 2 is 1.31 bits per heavy atom. The smallest absolute Gasteiger partial charge is 0.224 e. The predicted molar refractivity (Wildman–Crippen MR) is 122 cm³/mol. The van der Waals surface area contributed by atoms with Gasteiger partial charge in [0.05, 0.1) is 0 Å². The Morgan fingerprint density at radius 1 is 0.808 bits per heavy atom. The number of alkyl halides is 1. The van der Waals surface area contributed by atoms with Crippen molar-refractivity contribution in [2.45, 2.75) is 51.5 Å². The van der Waals surface area contributed by atoms with Crippen LogP contribution < -0.4 is 10.4 Å². The van der Waals surface area contributed by atoms with E-state index in [1.54, 1.807) is 0 Å². The van der Waals surface area contributed by atoms with Gasteiger partial charge in [0.1, 0.15) is 7.59 Å². The molecule has 2 rings (SSSR count). The molecule has 0 atom stereocenters. The van der Waals surface area contributed by atoms with Crippen molar-refractivity contribution in [3.05, 3.63) is 60.7 Å². The van der Waals surface area contributed by atoms with Gasteiger partial charge in [-0.3, -0.25) is 0 Å². The normalized spacial score (nSPS) is 12.3. The Labute approximate surface area is 171 Å². The third kappa shape index (κ3) is 5.41. The van der Waals surface area contributed by atoms with Gasteiger partial charge in [-0.2, -0.15) is 0 Å². The zero-order chi connectivity index (χ0) is 18.9. The first-order valence-electron chi connectivity index (χ1n) is 9.58. The molecule has 0 aliphatic carbocycles. The van der Waals surface area contributed by atoms with E-state index in [9.17, 15) is 0 Å². The second-order valence-corrected chi connectivity index (χ2v) is 16.1. The maximum Gasteiger partial charge on any atom is 0.224 e. The highest BCUT2D eigenvalue weighted by molar-refractivity contribution is 9.09. The molecule has 4 heteroatoms. The van der Waals surface area contributed by atoms with Gasteiger partial charge in [-0.1, -0.05) is 121 Å². The lowest BCUT2D eigenvalue weighted by Crippen LogP contribution is -2.69. The van der Waals surface area contributed by atoms with Crippen LogP contribution in [0.2, 0.25) is 5.04 Å². The van der Waals surface area contributed by atoms with Gasteiger partial charge in [-0.05, 0) is 17.9 Å². The summed E-state index contributed by atoms with van der Waals surface area (Å²) in [6.45, 7) is 8.06. The van der Waals surface area contributed by atoms with E-state index >= 15 is 0 Å². The summed E-state index contributed by atoms with van der Waals surface area (Å²) in [5, 5.41) is 4.26. The van der Waals surface area contributed by atoms with Gasteiger partial charge in [-0.25, -0.2) is 0 Å². The summed E-state index contributed by atoms with van der Waals surface area (Å²) in [7, 11) is -1.48. The molecule has 0 amide bonds. The molecule has 0 aromatic heterocycles. The number of unbranched alkanes of at least 4 members (excludes halogenated alkanes) is 3. The summed E-state index contributed by atoms with van der Waals surface area (Å²) in [4.78, 5) is 0. The molecule has 0 spiro atoms. The zero-order valence-electron chi connectivity index (χ0n) is 16.3. The first-order valence-corrected chi connectivity index (χ1v) is 14.6. The fourth-order valence-corrected chi connectivity index (χ4v) is 11.9. The van der Waals surface area contributed by atoms with Gasteiger partial charge in [-0.15, -0.1) is 0 Å². The third-order valence-electron chi connectivity index (χ3n) is 4.89. The minimum absolute atomic E-state index is 0.185. The van der Waals surface area contributed by atoms with Crippen LogP contribution in [0.5, 0.6) is 0 Å². The van der Waals surface area contributed by atoms with E-state index in [1.165, 1.54) is 29.6 Å². The summed E-state index contributed by atoms with van der Waals surface area (Å²) in [6.07, 6.45) is 4.98. The predicted octanol–water partition coefficient (Wildman–Crippen LogP) is 5.14. The first-order chi connectivity index (χ1) is 12.5. The van der Waals surface area contributed by atoms with Gasteiger partial charge < -0.3 is 4.43 Å². The quantitative estimate of drug-likeness (QED) is 0.279. The third-order valence-corrected chi connectivity index (χ3v) is 16.1. The van der Waals surface area contributed by atoms with Crippen LogP contribution in [0.3, 0.4) is 0 Å².